The fourth-order valence-electron chi connectivity index (χ4n) is 2.75. The normalized spacial score (nSPS) is 12.1. The predicted octanol–water partition coefficient (Wildman–Crippen LogP) is 1.60. The monoisotopic (exact) mass is 352 g/mol. The molecule has 0 aliphatic rings. The molecule has 1 heterocycles. The second-order valence-electron chi connectivity index (χ2n) is 6.05. The molecule has 0 saturated heterocycles. The molecule has 1 rings (SSSR count). The Morgan fingerprint density at radius 2 is 1.92 bits per heavy atom. The maximum atomic E-state index is 12.9. The van der Waals surface area contributed by atoms with E-state index < -0.39 is 17.9 Å². The highest BCUT2D eigenvalue weighted by molar-refractivity contribution is 5.97. The van der Waals surface area contributed by atoms with Gasteiger partial charge in [-0.25, -0.2) is 4.79 Å². The van der Waals surface area contributed by atoms with Crippen LogP contribution in [0.15, 0.2) is 6.20 Å². The van der Waals surface area contributed by atoms with Gasteiger partial charge in [0.1, 0.15) is 6.04 Å². The second kappa shape index (κ2) is 9.19. The van der Waals surface area contributed by atoms with Crippen molar-refractivity contribution >= 4 is 17.8 Å². The minimum atomic E-state index is -1.10. The molecule has 0 aliphatic heterocycles. The van der Waals surface area contributed by atoms with Crippen LogP contribution < -0.4 is 5.32 Å². The van der Waals surface area contributed by atoms with Crippen LogP contribution in [0.1, 0.15) is 62.6 Å². The number of carbonyl (C=O) groups is 3. The van der Waals surface area contributed by atoms with Crippen LogP contribution >= 0.6 is 0 Å². The van der Waals surface area contributed by atoms with E-state index in [1.165, 1.54) is 24.9 Å². The van der Waals surface area contributed by atoms with Crippen LogP contribution in [0.25, 0.3) is 0 Å². The van der Waals surface area contributed by atoms with Gasteiger partial charge in [-0.2, -0.15) is 5.10 Å². The topological polar surface area (TPSA) is 105 Å². The number of nitrogens with zero attached hydrogens (tertiary/aromatic N) is 3. The van der Waals surface area contributed by atoms with Gasteiger partial charge < -0.3 is 15.3 Å². The molecule has 0 fully saturated rings. The number of rotatable bonds is 9. The molecule has 0 radical (unpaired) electrons. The van der Waals surface area contributed by atoms with E-state index in [4.69, 9.17) is 0 Å². The van der Waals surface area contributed by atoms with E-state index in [1.807, 2.05) is 11.6 Å². The number of aromatic nitrogens is 2. The largest absolute Gasteiger partial charge is 0.480 e. The number of carboxylic acids is 1. The molecule has 0 spiro atoms. The molecule has 8 nitrogen and oxygen atoms in total. The second-order valence-corrected chi connectivity index (χ2v) is 6.05. The maximum Gasteiger partial charge on any atom is 0.326 e. The standard InChI is InChI=1S/C17H28N4O4/c1-6-14(7-2)21-11(3)15(10-19-21)16(23)20(12(4)17(24)25)9-8-18-13(5)22/h10,12,14H,6-9H2,1-5H3,(H,18,22)(H,24,25). The first kappa shape index (κ1) is 20.7. The number of hydrogen-bond donors (Lipinski definition) is 2. The van der Waals surface area contributed by atoms with E-state index >= 15 is 0 Å². The lowest BCUT2D eigenvalue weighted by Gasteiger charge is -2.26. The molecular formula is C17H28N4O4. The van der Waals surface area contributed by atoms with Gasteiger partial charge in [0, 0.05) is 25.7 Å². The Bertz CT molecular complexity index is 622. The van der Waals surface area contributed by atoms with E-state index in [9.17, 15) is 19.5 Å². The fraction of sp³-hybridized carbons (Fsp3) is 0.647. The Hall–Kier alpha value is -2.38. The van der Waals surface area contributed by atoms with E-state index in [1.54, 1.807) is 0 Å². The van der Waals surface area contributed by atoms with Crippen LogP contribution in [-0.4, -0.2) is 56.7 Å². The molecule has 1 aromatic heterocycles. The minimum Gasteiger partial charge on any atom is -0.480 e. The molecule has 140 valence electrons. The highest BCUT2D eigenvalue weighted by Gasteiger charge is 2.29. The van der Waals surface area contributed by atoms with Crippen molar-refractivity contribution in [3.05, 3.63) is 17.5 Å². The van der Waals surface area contributed by atoms with Gasteiger partial charge in [0.25, 0.3) is 5.91 Å². The highest BCUT2D eigenvalue weighted by Crippen LogP contribution is 2.20. The third-order valence-electron chi connectivity index (χ3n) is 4.38. The summed E-state index contributed by atoms with van der Waals surface area (Å²) in [5.74, 6) is -1.72. The number of carbonyl (C=O) groups excluding carboxylic acids is 2. The number of carboxylic acid groups (broad SMARTS) is 1. The van der Waals surface area contributed by atoms with Crippen molar-refractivity contribution in [2.45, 2.75) is 59.5 Å². The van der Waals surface area contributed by atoms with Crippen molar-refractivity contribution in [2.75, 3.05) is 13.1 Å². The van der Waals surface area contributed by atoms with Crippen molar-refractivity contribution in [2.24, 2.45) is 0 Å². The van der Waals surface area contributed by atoms with Gasteiger partial charge in [-0.15, -0.1) is 0 Å². The Balaban J connectivity index is 3.08. The van der Waals surface area contributed by atoms with Crippen molar-refractivity contribution in [1.82, 2.24) is 20.0 Å². The summed E-state index contributed by atoms with van der Waals surface area (Å²) in [6, 6.07) is -0.802. The summed E-state index contributed by atoms with van der Waals surface area (Å²) in [7, 11) is 0. The molecule has 2 amide bonds. The molecule has 0 aromatic carbocycles. The molecule has 1 atom stereocenters. The Morgan fingerprint density at radius 1 is 1.32 bits per heavy atom. The number of hydrogen-bond acceptors (Lipinski definition) is 4. The Labute approximate surface area is 148 Å². The molecule has 2 N–H and O–H groups in total. The fourth-order valence-corrected chi connectivity index (χ4v) is 2.75. The molecule has 8 heteroatoms. The summed E-state index contributed by atoms with van der Waals surface area (Å²) in [5, 5.41) is 16.2. The van der Waals surface area contributed by atoms with Gasteiger partial charge in [-0.05, 0) is 26.7 Å². The molecule has 1 unspecified atom stereocenters. The van der Waals surface area contributed by atoms with Crippen LogP contribution in [0.5, 0.6) is 0 Å². The smallest absolute Gasteiger partial charge is 0.326 e. The van der Waals surface area contributed by atoms with Crippen LogP contribution in [0.4, 0.5) is 0 Å². The number of aliphatic carboxylic acids is 1. The lowest BCUT2D eigenvalue weighted by atomic mass is 10.1. The number of nitrogens with one attached hydrogen (secondary N) is 1. The summed E-state index contributed by atoms with van der Waals surface area (Å²) < 4.78 is 1.82. The minimum absolute atomic E-state index is 0.113. The average Bonchev–Trinajstić information content (AvgIpc) is 2.93. The first-order chi connectivity index (χ1) is 11.7. The highest BCUT2D eigenvalue weighted by atomic mass is 16.4. The van der Waals surface area contributed by atoms with Gasteiger partial charge >= 0.3 is 5.97 Å². The van der Waals surface area contributed by atoms with Gasteiger partial charge in [-0.3, -0.25) is 14.3 Å². The van der Waals surface area contributed by atoms with Crippen LogP contribution in [0.2, 0.25) is 0 Å². The van der Waals surface area contributed by atoms with Crippen LogP contribution in [0.3, 0.4) is 0 Å². The molecule has 0 bridgehead atoms. The average molecular weight is 352 g/mol. The SMILES string of the molecule is CCC(CC)n1ncc(C(=O)N(CCNC(C)=O)C(C)C(=O)O)c1C. The first-order valence-corrected chi connectivity index (χ1v) is 8.56. The Morgan fingerprint density at radius 3 is 2.40 bits per heavy atom. The lowest BCUT2D eigenvalue weighted by molar-refractivity contribution is -0.141. The van der Waals surface area contributed by atoms with Gasteiger partial charge in [0.2, 0.25) is 5.91 Å². The zero-order valence-corrected chi connectivity index (χ0v) is 15.6. The van der Waals surface area contributed by atoms with E-state index in [0.717, 1.165) is 18.5 Å². The van der Waals surface area contributed by atoms with E-state index in [-0.39, 0.29) is 25.0 Å². The van der Waals surface area contributed by atoms with Crippen LogP contribution in [-0.2, 0) is 9.59 Å². The maximum absolute atomic E-state index is 12.9. The third-order valence-corrected chi connectivity index (χ3v) is 4.38. The summed E-state index contributed by atoms with van der Waals surface area (Å²) in [5.41, 5.74) is 1.11. The van der Waals surface area contributed by atoms with Gasteiger partial charge in [0.15, 0.2) is 0 Å². The summed E-state index contributed by atoms with van der Waals surface area (Å²) >= 11 is 0. The van der Waals surface area contributed by atoms with Gasteiger partial charge in [0.05, 0.1) is 17.8 Å². The molecule has 25 heavy (non-hydrogen) atoms. The number of amides is 2. The zero-order chi connectivity index (χ0) is 19.1. The lowest BCUT2D eigenvalue weighted by Crippen LogP contribution is -2.46. The predicted molar refractivity (Wildman–Crippen MR) is 93.4 cm³/mol. The molecule has 0 saturated carbocycles. The van der Waals surface area contributed by atoms with Crippen molar-refractivity contribution in [3.8, 4) is 0 Å². The van der Waals surface area contributed by atoms with Crippen molar-refractivity contribution in [1.29, 1.82) is 0 Å². The van der Waals surface area contributed by atoms with Crippen molar-refractivity contribution < 1.29 is 19.5 Å². The quantitative estimate of drug-likeness (QED) is 0.702. The molecule has 0 aliphatic carbocycles. The summed E-state index contributed by atoms with van der Waals surface area (Å²) in [4.78, 5) is 36.5. The zero-order valence-electron chi connectivity index (χ0n) is 15.6. The first-order valence-electron chi connectivity index (χ1n) is 8.56. The summed E-state index contributed by atoms with van der Waals surface area (Å²) in [6.07, 6.45) is 3.28. The third kappa shape index (κ3) is 5.04. The van der Waals surface area contributed by atoms with Crippen LogP contribution in [0, 0.1) is 6.92 Å². The van der Waals surface area contributed by atoms with E-state index in [0.29, 0.717) is 5.56 Å². The van der Waals surface area contributed by atoms with Crippen molar-refractivity contribution in [3.63, 3.8) is 0 Å². The van der Waals surface area contributed by atoms with E-state index in [2.05, 4.69) is 24.3 Å². The molecule has 1 aromatic rings. The summed E-state index contributed by atoms with van der Waals surface area (Å²) in [6.45, 7) is 9.06. The Kier molecular flexibility index (Phi) is 7.60. The van der Waals surface area contributed by atoms with Gasteiger partial charge in [-0.1, -0.05) is 13.8 Å². The molecular weight excluding hydrogens is 324 g/mol.